The maximum absolute atomic E-state index is 12.3. The van der Waals surface area contributed by atoms with Crippen LogP contribution in [0.3, 0.4) is 0 Å². The second kappa shape index (κ2) is 9.76. The Hall–Kier alpha value is -1.82. The lowest BCUT2D eigenvalue weighted by Crippen LogP contribution is -2.52. The van der Waals surface area contributed by atoms with Crippen molar-refractivity contribution in [3.63, 3.8) is 0 Å². The fourth-order valence-electron chi connectivity index (χ4n) is 3.17. The predicted molar refractivity (Wildman–Crippen MR) is 109 cm³/mol. The Balaban J connectivity index is 1.82. The van der Waals surface area contributed by atoms with Gasteiger partial charge in [0.25, 0.3) is 5.91 Å². The normalized spacial score (nSPS) is 22.6. The van der Waals surface area contributed by atoms with Crippen molar-refractivity contribution in [1.29, 1.82) is 0 Å². The van der Waals surface area contributed by atoms with Crippen LogP contribution in [0, 0.1) is 17.8 Å². The van der Waals surface area contributed by atoms with Gasteiger partial charge in [-0.05, 0) is 54.6 Å². The van der Waals surface area contributed by atoms with E-state index < -0.39 is 0 Å². The van der Waals surface area contributed by atoms with Gasteiger partial charge in [-0.15, -0.1) is 0 Å². The van der Waals surface area contributed by atoms with Crippen molar-refractivity contribution >= 4 is 23.2 Å². The molecular weight excluding hydrogens is 346 g/mol. The van der Waals surface area contributed by atoms with E-state index in [-0.39, 0.29) is 5.91 Å². The van der Waals surface area contributed by atoms with Crippen LogP contribution in [0.1, 0.15) is 57.3 Å². The molecule has 1 aliphatic rings. The molecule has 0 aromatic heterocycles. The van der Waals surface area contributed by atoms with E-state index >= 15 is 0 Å². The number of hydrazine groups is 1. The second-order valence-electron chi connectivity index (χ2n) is 7.66. The van der Waals surface area contributed by atoms with Crippen LogP contribution in [0.15, 0.2) is 24.3 Å². The highest BCUT2D eigenvalue weighted by atomic mass is 32.1. The summed E-state index contributed by atoms with van der Waals surface area (Å²) in [6.07, 6.45) is 3.59. The Bertz CT molecular complexity index is 621. The first-order valence-corrected chi connectivity index (χ1v) is 9.87. The largest absolute Gasteiger partial charge is 0.493 e. The van der Waals surface area contributed by atoms with Gasteiger partial charge in [-0.3, -0.25) is 15.6 Å². The number of benzene rings is 1. The van der Waals surface area contributed by atoms with Gasteiger partial charge < -0.3 is 10.1 Å². The summed E-state index contributed by atoms with van der Waals surface area (Å²) in [4.78, 5) is 12.3. The molecule has 0 spiro atoms. The molecule has 6 heteroatoms. The zero-order chi connectivity index (χ0) is 19.1. The summed E-state index contributed by atoms with van der Waals surface area (Å²) in [6.45, 7) is 9.33. The lowest BCUT2D eigenvalue weighted by Gasteiger charge is -2.35. The molecule has 144 valence electrons. The van der Waals surface area contributed by atoms with Crippen molar-refractivity contribution in [2.24, 2.45) is 17.8 Å². The summed E-state index contributed by atoms with van der Waals surface area (Å²) in [5, 5.41) is 3.79. The fourth-order valence-corrected chi connectivity index (χ4v) is 3.37. The first-order valence-electron chi connectivity index (χ1n) is 9.46. The van der Waals surface area contributed by atoms with Crippen molar-refractivity contribution < 1.29 is 9.53 Å². The number of ether oxygens (including phenoxy) is 1. The molecule has 2 rings (SSSR count). The highest BCUT2D eigenvalue weighted by molar-refractivity contribution is 7.80. The molecular formula is C20H31N3O2S. The SMILES string of the molecule is CC(C)COc1cccc(C(=O)NNC(=S)N[C@@H]2CCC[C@@H](C)[C@H]2C)c1. The van der Waals surface area contributed by atoms with Gasteiger partial charge in [0, 0.05) is 11.6 Å². The molecule has 0 radical (unpaired) electrons. The van der Waals surface area contributed by atoms with Gasteiger partial charge in [0.15, 0.2) is 5.11 Å². The third-order valence-electron chi connectivity index (χ3n) is 4.99. The van der Waals surface area contributed by atoms with Gasteiger partial charge in [-0.25, -0.2) is 0 Å². The number of carbonyl (C=O) groups excluding carboxylic acids is 1. The predicted octanol–water partition coefficient (Wildman–Crippen LogP) is 3.66. The Morgan fingerprint density at radius 1 is 1.27 bits per heavy atom. The van der Waals surface area contributed by atoms with Crippen LogP contribution in [-0.4, -0.2) is 23.7 Å². The third kappa shape index (κ3) is 6.16. The van der Waals surface area contributed by atoms with Crippen molar-refractivity contribution in [3.8, 4) is 5.75 Å². The quantitative estimate of drug-likeness (QED) is 0.540. The average molecular weight is 378 g/mol. The van der Waals surface area contributed by atoms with Gasteiger partial charge >= 0.3 is 0 Å². The van der Waals surface area contributed by atoms with E-state index in [9.17, 15) is 4.79 Å². The van der Waals surface area contributed by atoms with Crippen molar-refractivity contribution in [1.82, 2.24) is 16.2 Å². The summed E-state index contributed by atoms with van der Waals surface area (Å²) in [6, 6.07) is 7.50. The lowest BCUT2D eigenvalue weighted by molar-refractivity contribution is 0.0942. The summed E-state index contributed by atoms with van der Waals surface area (Å²) in [5.41, 5.74) is 6.00. The highest BCUT2D eigenvalue weighted by Crippen LogP contribution is 2.29. The third-order valence-corrected chi connectivity index (χ3v) is 5.21. The summed E-state index contributed by atoms with van der Waals surface area (Å²) in [5.74, 6) is 2.13. The topological polar surface area (TPSA) is 62.4 Å². The Labute approximate surface area is 162 Å². The number of amides is 1. The molecule has 1 aliphatic carbocycles. The van der Waals surface area contributed by atoms with Crippen LogP contribution in [0.2, 0.25) is 0 Å². The molecule has 0 bridgehead atoms. The molecule has 3 N–H and O–H groups in total. The molecule has 1 saturated carbocycles. The summed E-state index contributed by atoms with van der Waals surface area (Å²) >= 11 is 5.33. The van der Waals surface area contributed by atoms with E-state index in [1.165, 1.54) is 12.8 Å². The zero-order valence-corrected chi connectivity index (χ0v) is 17.0. The molecule has 0 saturated heterocycles. The monoisotopic (exact) mass is 377 g/mol. The number of carbonyl (C=O) groups is 1. The Kier molecular flexibility index (Phi) is 7.69. The van der Waals surface area contributed by atoms with E-state index in [0.29, 0.717) is 46.8 Å². The van der Waals surface area contributed by atoms with Crippen molar-refractivity contribution in [2.75, 3.05) is 6.61 Å². The van der Waals surface area contributed by atoms with Crippen LogP contribution >= 0.6 is 12.2 Å². The Morgan fingerprint density at radius 2 is 2.04 bits per heavy atom. The maximum Gasteiger partial charge on any atom is 0.269 e. The molecule has 1 aromatic rings. The summed E-state index contributed by atoms with van der Waals surface area (Å²) in [7, 11) is 0. The van der Waals surface area contributed by atoms with Gasteiger partial charge in [0.1, 0.15) is 5.75 Å². The van der Waals surface area contributed by atoms with E-state index in [1.807, 2.05) is 12.1 Å². The van der Waals surface area contributed by atoms with Gasteiger partial charge in [-0.2, -0.15) is 0 Å². The highest BCUT2D eigenvalue weighted by Gasteiger charge is 2.27. The molecule has 0 unspecified atom stereocenters. The fraction of sp³-hybridized carbons (Fsp3) is 0.600. The summed E-state index contributed by atoms with van der Waals surface area (Å²) < 4.78 is 5.67. The molecule has 26 heavy (non-hydrogen) atoms. The van der Waals surface area contributed by atoms with Gasteiger partial charge in [-0.1, -0.05) is 46.6 Å². The molecule has 0 heterocycles. The molecule has 1 aromatic carbocycles. The van der Waals surface area contributed by atoms with Crippen LogP contribution < -0.4 is 20.9 Å². The Morgan fingerprint density at radius 3 is 2.77 bits per heavy atom. The molecule has 0 aliphatic heterocycles. The standard InChI is InChI=1S/C20H31N3O2S/c1-13(2)12-25-17-9-6-8-16(11-17)19(24)22-23-20(26)21-18-10-5-7-14(3)15(18)4/h6,8-9,11,13-15,18H,5,7,10,12H2,1-4H3,(H,22,24)(H2,21,23,26)/t14-,15-,18-/m1/s1. The average Bonchev–Trinajstić information content (AvgIpc) is 2.62. The van der Waals surface area contributed by atoms with Crippen LogP contribution in [0.5, 0.6) is 5.75 Å². The zero-order valence-electron chi connectivity index (χ0n) is 16.2. The minimum absolute atomic E-state index is 0.241. The molecule has 1 fully saturated rings. The molecule has 5 nitrogen and oxygen atoms in total. The van der Waals surface area contributed by atoms with Gasteiger partial charge in [0.2, 0.25) is 0 Å². The molecule has 1 amide bonds. The van der Waals surface area contributed by atoms with Crippen molar-refractivity contribution in [2.45, 2.75) is 53.0 Å². The van der Waals surface area contributed by atoms with E-state index in [4.69, 9.17) is 17.0 Å². The van der Waals surface area contributed by atoms with E-state index in [0.717, 1.165) is 6.42 Å². The lowest BCUT2D eigenvalue weighted by atomic mass is 9.78. The number of thiocarbonyl (C=S) groups is 1. The van der Waals surface area contributed by atoms with Crippen LogP contribution in [-0.2, 0) is 0 Å². The van der Waals surface area contributed by atoms with Gasteiger partial charge in [0.05, 0.1) is 6.61 Å². The first kappa shape index (κ1) is 20.5. The minimum atomic E-state index is -0.241. The first-order chi connectivity index (χ1) is 12.4. The number of rotatable bonds is 5. The van der Waals surface area contributed by atoms with Crippen molar-refractivity contribution in [3.05, 3.63) is 29.8 Å². The molecule has 3 atom stereocenters. The van der Waals surface area contributed by atoms with E-state index in [2.05, 4.69) is 43.9 Å². The van der Waals surface area contributed by atoms with Crippen LogP contribution in [0.25, 0.3) is 0 Å². The number of hydrogen-bond acceptors (Lipinski definition) is 3. The minimum Gasteiger partial charge on any atom is -0.493 e. The smallest absolute Gasteiger partial charge is 0.269 e. The maximum atomic E-state index is 12.3. The number of hydrogen-bond donors (Lipinski definition) is 3. The second-order valence-corrected chi connectivity index (χ2v) is 8.07. The number of nitrogens with one attached hydrogen (secondary N) is 3. The van der Waals surface area contributed by atoms with E-state index in [1.54, 1.807) is 12.1 Å². The van der Waals surface area contributed by atoms with Crippen LogP contribution in [0.4, 0.5) is 0 Å².